The van der Waals surface area contributed by atoms with Crippen LogP contribution in [0, 0.1) is 6.92 Å². The van der Waals surface area contributed by atoms with Crippen LogP contribution in [0.25, 0.3) is 0 Å². The predicted molar refractivity (Wildman–Crippen MR) is 124 cm³/mol. The number of carbonyl (C=O) groups excluding carboxylic acids is 2. The largest absolute Gasteiger partial charge is 0.497 e. The molecular formula is C24H30N2O6S. The maximum absolute atomic E-state index is 13.1. The van der Waals surface area contributed by atoms with Crippen LogP contribution >= 0.6 is 0 Å². The van der Waals surface area contributed by atoms with Gasteiger partial charge in [-0.15, -0.1) is 0 Å². The lowest BCUT2D eigenvalue weighted by atomic mass is 10.1. The van der Waals surface area contributed by atoms with E-state index in [2.05, 4.69) is 5.32 Å². The minimum absolute atomic E-state index is 0.0521. The normalized spacial score (nSPS) is 16.8. The third-order valence-corrected chi connectivity index (χ3v) is 7.75. The number of nitrogens with zero attached hydrogens (tertiary/aromatic N) is 1. The quantitative estimate of drug-likeness (QED) is 0.590. The van der Waals surface area contributed by atoms with Crippen molar-refractivity contribution >= 4 is 21.9 Å². The Balaban J connectivity index is 1.63. The summed E-state index contributed by atoms with van der Waals surface area (Å²) < 4.78 is 38.0. The fourth-order valence-corrected chi connectivity index (χ4v) is 5.51. The second kappa shape index (κ2) is 10.8. The van der Waals surface area contributed by atoms with Crippen molar-refractivity contribution in [2.75, 3.05) is 20.3 Å². The Hall–Kier alpha value is -2.91. The number of piperidine rings is 1. The Labute approximate surface area is 194 Å². The van der Waals surface area contributed by atoms with Crippen LogP contribution in [0.5, 0.6) is 5.75 Å². The molecule has 1 heterocycles. The Morgan fingerprint density at radius 1 is 1.15 bits per heavy atom. The highest BCUT2D eigenvalue weighted by Crippen LogP contribution is 2.26. The summed E-state index contributed by atoms with van der Waals surface area (Å²) in [6.07, 6.45) is 2.62. The van der Waals surface area contributed by atoms with E-state index in [1.54, 1.807) is 32.2 Å². The van der Waals surface area contributed by atoms with E-state index in [0.29, 0.717) is 17.9 Å². The Morgan fingerprint density at radius 2 is 1.94 bits per heavy atom. The van der Waals surface area contributed by atoms with Crippen molar-refractivity contribution in [3.8, 4) is 5.75 Å². The molecule has 33 heavy (non-hydrogen) atoms. The van der Waals surface area contributed by atoms with Crippen molar-refractivity contribution in [2.45, 2.75) is 50.6 Å². The number of sulfonamides is 1. The lowest BCUT2D eigenvalue weighted by Crippen LogP contribution is -2.41. The standard InChI is InChI=1S/C24H30N2O6S/c1-17-10-11-21(33(29,30)26-12-5-4-7-18(26)2)14-22(17)24(28)32-16-23(27)25-15-19-8-6-9-20(13-19)31-3/h6,8-11,13-14,18H,4-5,7,12,15-16H2,1-3H3,(H,25,27). The fourth-order valence-electron chi connectivity index (χ4n) is 3.79. The zero-order chi connectivity index (χ0) is 24.0. The summed E-state index contributed by atoms with van der Waals surface area (Å²) in [4.78, 5) is 24.8. The molecule has 2 aromatic rings. The Kier molecular flexibility index (Phi) is 8.10. The van der Waals surface area contributed by atoms with Gasteiger partial charge >= 0.3 is 5.97 Å². The van der Waals surface area contributed by atoms with Gasteiger partial charge in [-0.05, 0) is 62.1 Å². The maximum atomic E-state index is 13.1. The average Bonchev–Trinajstić information content (AvgIpc) is 2.81. The minimum Gasteiger partial charge on any atom is -0.497 e. The molecule has 1 unspecified atom stereocenters. The van der Waals surface area contributed by atoms with Crippen molar-refractivity contribution in [3.63, 3.8) is 0 Å². The van der Waals surface area contributed by atoms with E-state index in [0.717, 1.165) is 24.8 Å². The van der Waals surface area contributed by atoms with Crippen molar-refractivity contribution in [1.82, 2.24) is 9.62 Å². The number of benzene rings is 2. The molecule has 0 saturated carbocycles. The van der Waals surface area contributed by atoms with Crippen LogP contribution in [0.3, 0.4) is 0 Å². The SMILES string of the molecule is COc1cccc(CNC(=O)COC(=O)c2cc(S(=O)(=O)N3CCCCC3C)ccc2C)c1. The monoisotopic (exact) mass is 474 g/mol. The highest BCUT2D eigenvalue weighted by atomic mass is 32.2. The molecule has 1 N–H and O–H groups in total. The summed E-state index contributed by atoms with van der Waals surface area (Å²) >= 11 is 0. The van der Waals surface area contributed by atoms with Crippen LogP contribution < -0.4 is 10.1 Å². The van der Waals surface area contributed by atoms with Gasteiger partial charge < -0.3 is 14.8 Å². The van der Waals surface area contributed by atoms with E-state index in [1.165, 1.54) is 16.4 Å². The van der Waals surface area contributed by atoms with Crippen molar-refractivity contribution in [3.05, 3.63) is 59.2 Å². The minimum atomic E-state index is -3.72. The van der Waals surface area contributed by atoms with E-state index >= 15 is 0 Å². The molecule has 1 aliphatic heterocycles. The van der Waals surface area contributed by atoms with Gasteiger partial charge in [-0.25, -0.2) is 13.2 Å². The highest BCUT2D eigenvalue weighted by Gasteiger charge is 2.31. The molecule has 1 fully saturated rings. The number of methoxy groups -OCH3 is 1. The van der Waals surface area contributed by atoms with E-state index < -0.39 is 28.5 Å². The summed E-state index contributed by atoms with van der Waals surface area (Å²) in [5.41, 5.74) is 1.54. The number of amides is 1. The van der Waals surface area contributed by atoms with Gasteiger partial charge in [-0.1, -0.05) is 24.6 Å². The van der Waals surface area contributed by atoms with Crippen LogP contribution in [0.1, 0.15) is 47.7 Å². The first-order valence-corrected chi connectivity index (χ1v) is 12.4. The second-order valence-electron chi connectivity index (χ2n) is 8.14. The summed E-state index contributed by atoms with van der Waals surface area (Å²) in [5, 5.41) is 2.68. The molecule has 8 nitrogen and oxygen atoms in total. The van der Waals surface area contributed by atoms with Crippen molar-refractivity contribution in [2.24, 2.45) is 0 Å². The third-order valence-electron chi connectivity index (χ3n) is 5.74. The molecule has 3 rings (SSSR count). The molecule has 178 valence electrons. The fraction of sp³-hybridized carbons (Fsp3) is 0.417. The molecule has 0 spiro atoms. The number of aryl methyl sites for hydroxylation is 1. The highest BCUT2D eigenvalue weighted by molar-refractivity contribution is 7.89. The van der Waals surface area contributed by atoms with Crippen LogP contribution in [0.4, 0.5) is 0 Å². The number of ether oxygens (including phenoxy) is 2. The molecule has 1 amide bonds. The van der Waals surface area contributed by atoms with E-state index in [4.69, 9.17) is 9.47 Å². The molecular weight excluding hydrogens is 444 g/mol. The van der Waals surface area contributed by atoms with Gasteiger partial charge in [0.1, 0.15) is 5.75 Å². The van der Waals surface area contributed by atoms with E-state index in [1.807, 2.05) is 19.1 Å². The topological polar surface area (TPSA) is 102 Å². The summed E-state index contributed by atoms with van der Waals surface area (Å²) in [6, 6.07) is 11.6. The van der Waals surface area contributed by atoms with Gasteiger partial charge in [0.05, 0.1) is 17.6 Å². The van der Waals surface area contributed by atoms with Gasteiger partial charge in [0.15, 0.2) is 6.61 Å². The first-order valence-electron chi connectivity index (χ1n) is 10.9. The Bertz CT molecular complexity index is 1120. The molecule has 9 heteroatoms. The Morgan fingerprint density at radius 3 is 2.67 bits per heavy atom. The number of rotatable bonds is 8. The lowest BCUT2D eigenvalue weighted by Gasteiger charge is -2.32. The third kappa shape index (κ3) is 6.11. The summed E-state index contributed by atoms with van der Waals surface area (Å²) in [6.45, 7) is 3.84. The zero-order valence-electron chi connectivity index (χ0n) is 19.2. The van der Waals surface area contributed by atoms with Gasteiger partial charge in [-0.2, -0.15) is 4.31 Å². The first-order chi connectivity index (χ1) is 15.7. The molecule has 0 radical (unpaired) electrons. The first kappa shape index (κ1) is 24.7. The molecule has 1 saturated heterocycles. The van der Waals surface area contributed by atoms with Gasteiger partial charge in [0.25, 0.3) is 5.91 Å². The number of hydrogen-bond donors (Lipinski definition) is 1. The maximum Gasteiger partial charge on any atom is 0.338 e. The van der Waals surface area contributed by atoms with Gasteiger partial charge in [-0.3, -0.25) is 4.79 Å². The van der Waals surface area contributed by atoms with Crippen LogP contribution in [-0.2, 0) is 26.1 Å². The summed E-state index contributed by atoms with van der Waals surface area (Å²) in [7, 11) is -2.16. The lowest BCUT2D eigenvalue weighted by molar-refractivity contribution is -0.124. The van der Waals surface area contributed by atoms with Gasteiger partial charge in [0.2, 0.25) is 10.0 Å². The molecule has 0 bridgehead atoms. The van der Waals surface area contributed by atoms with Crippen molar-refractivity contribution < 1.29 is 27.5 Å². The van der Waals surface area contributed by atoms with Crippen LogP contribution in [0.15, 0.2) is 47.4 Å². The van der Waals surface area contributed by atoms with Gasteiger partial charge in [0, 0.05) is 19.1 Å². The number of hydrogen-bond acceptors (Lipinski definition) is 6. The van der Waals surface area contributed by atoms with Crippen molar-refractivity contribution in [1.29, 1.82) is 0 Å². The predicted octanol–water partition coefficient (Wildman–Crippen LogP) is 3.04. The molecule has 2 aromatic carbocycles. The van der Waals surface area contributed by atoms with Crippen LogP contribution in [-0.4, -0.2) is 50.9 Å². The zero-order valence-corrected chi connectivity index (χ0v) is 20.0. The smallest absolute Gasteiger partial charge is 0.338 e. The number of nitrogens with one attached hydrogen (secondary N) is 1. The number of carbonyl (C=O) groups is 2. The molecule has 1 aliphatic rings. The average molecular weight is 475 g/mol. The second-order valence-corrected chi connectivity index (χ2v) is 10.0. The summed E-state index contributed by atoms with van der Waals surface area (Å²) in [5.74, 6) is -0.528. The molecule has 0 aromatic heterocycles. The molecule has 0 aliphatic carbocycles. The molecule has 1 atom stereocenters. The van der Waals surface area contributed by atoms with E-state index in [9.17, 15) is 18.0 Å². The van der Waals surface area contributed by atoms with Crippen LogP contribution in [0.2, 0.25) is 0 Å². The number of esters is 1. The van der Waals surface area contributed by atoms with E-state index in [-0.39, 0.29) is 23.0 Å².